The number of halogens is 1. The molecular formula is C14H13BrN4O. The van der Waals surface area contributed by atoms with Crippen LogP contribution >= 0.6 is 15.9 Å². The minimum absolute atomic E-state index is 0.112. The minimum atomic E-state index is -0.112. The van der Waals surface area contributed by atoms with E-state index in [0.29, 0.717) is 12.1 Å². The van der Waals surface area contributed by atoms with Crippen molar-refractivity contribution in [3.63, 3.8) is 0 Å². The van der Waals surface area contributed by atoms with Gasteiger partial charge >= 0.3 is 0 Å². The molecule has 0 aromatic carbocycles. The number of carbonyl (C=O) groups excluding carboxylic acids is 1. The molecule has 0 radical (unpaired) electrons. The first kappa shape index (κ1) is 12.9. The fourth-order valence-electron chi connectivity index (χ4n) is 2.03. The van der Waals surface area contributed by atoms with Crippen molar-refractivity contribution in [2.75, 3.05) is 0 Å². The van der Waals surface area contributed by atoms with Gasteiger partial charge in [-0.05, 0) is 41.1 Å². The Kier molecular flexibility index (Phi) is 3.31. The average molecular weight is 333 g/mol. The Bertz CT molecular complexity index is 774. The predicted octanol–water partition coefficient (Wildman–Crippen LogP) is 2.66. The molecule has 0 fully saturated rings. The molecular weight excluding hydrogens is 320 g/mol. The number of hydrogen-bond acceptors (Lipinski definition) is 2. The van der Waals surface area contributed by atoms with Crippen LogP contribution in [0, 0.1) is 6.92 Å². The molecule has 0 aliphatic carbocycles. The fourth-order valence-corrected chi connectivity index (χ4v) is 2.38. The first-order valence-corrected chi connectivity index (χ1v) is 6.97. The summed E-state index contributed by atoms with van der Waals surface area (Å²) in [5, 5.41) is 2.85. The molecule has 0 aliphatic heterocycles. The van der Waals surface area contributed by atoms with Gasteiger partial charge in [0.25, 0.3) is 5.91 Å². The highest BCUT2D eigenvalue weighted by Crippen LogP contribution is 2.15. The van der Waals surface area contributed by atoms with Crippen LogP contribution in [-0.4, -0.2) is 20.3 Å². The summed E-state index contributed by atoms with van der Waals surface area (Å²) in [4.78, 5) is 19.3. The number of nitrogens with one attached hydrogen (secondary N) is 2. The maximum Gasteiger partial charge on any atom is 0.253 e. The zero-order valence-corrected chi connectivity index (χ0v) is 12.4. The van der Waals surface area contributed by atoms with Crippen molar-refractivity contribution in [1.29, 1.82) is 0 Å². The number of aromatic nitrogens is 3. The normalized spacial score (nSPS) is 10.9. The third-order valence-electron chi connectivity index (χ3n) is 2.99. The summed E-state index contributed by atoms with van der Waals surface area (Å²) in [5.74, 6) is 0.640. The minimum Gasteiger partial charge on any atom is -0.345 e. The topological polar surface area (TPSA) is 62.2 Å². The maximum absolute atomic E-state index is 12.1. The Morgan fingerprint density at radius 2 is 2.30 bits per heavy atom. The summed E-state index contributed by atoms with van der Waals surface area (Å²) in [7, 11) is 0. The van der Waals surface area contributed by atoms with Crippen LogP contribution in [0.3, 0.4) is 0 Å². The molecule has 0 unspecified atom stereocenters. The lowest BCUT2D eigenvalue weighted by molar-refractivity contribution is 0.0950. The number of rotatable bonds is 3. The van der Waals surface area contributed by atoms with Crippen molar-refractivity contribution in [2.24, 2.45) is 0 Å². The van der Waals surface area contributed by atoms with Gasteiger partial charge in [0.1, 0.15) is 5.82 Å². The molecule has 0 spiro atoms. The second kappa shape index (κ2) is 5.13. The van der Waals surface area contributed by atoms with Gasteiger partial charge in [0.05, 0.1) is 12.1 Å². The highest BCUT2D eigenvalue weighted by atomic mass is 79.9. The number of amides is 1. The largest absolute Gasteiger partial charge is 0.345 e. The molecule has 102 valence electrons. The monoisotopic (exact) mass is 332 g/mol. The van der Waals surface area contributed by atoms with Gasteiger partial charge in [0, 0.05) is 34.3 Å². The molecule has 0 saturated heterocycles. The SMILES string of the molecule is Cc1cnc(CNC(=O)c2cc3ccc(Br)cn3c2)[nH]1. The van der Waals surface area contributed by atoms with Crippen molar-refractivity contribution < 1.29 is 4.79 Å². The van der Waals surface area contributed by atoms with Crippen molar-refractivity contribution >= 4 is 27.4 Å². The van der Waals surface area contributed by atoms with Crippen LogP contribution in [0.15, 0.2) is 41.3 Å². The molecule has 0 bridgehead atoms. The number of imidazole rings is 1. The molecule has 20 heavy (non-hydrogen) atoms. The van der Waals surface area contributed by atoms with Crippen molar-refractivity contribution in [2.45, 2.75) is 13.5 Å². The summed E-state index contributed by atoms with van der Waals surface area (Å²) < 4.78 is 2.88. The number of pyridine rings is 1. The molecule has 5 nitrogen and oxygen atoms in total. The highest BCUT2D eigenvalue weighted by Gasteiger charge is 2.09. The average Bonchev–Trinajstić information content (AvgIpc) is 3.01. The van der Waals surface area contributed by atoms with Gasteiger partial charge in [0.2, 0.25) is 0 Å². The molecule has 3 aromatic heterocycles. The second-order valence-corrected chi connectivity index (χ2v) is 5.52. The first-order valence-electron chi connectivity index (χ1n) is 6.18. The van der Waals surface area contributed by atoms with E-state index in [0.717, 1.165) is 21.5 Å². The number of fused-ring (bicyclic) bond motifs is 1. The Hall–Kier alpha value is -2.08. The highest BCUT2D eigenvalue weighted by molar-refractivity contribution is 9.10. The van der Waals surface area contributed by atoms with Crippen LogP contribution in [-0.2, 0) is 6.54 Å². The van der Waals surface area contributed by atoms with Gasteiger partial charge < -0.3 is 14.7 Å². The maximum atomic E-state index is 12.1. The smallest absolute Gasteiger partial charge is 0.253 e. The van der Waals surface area contributed by atoms with E-state index < -0.39 is 0 Å². The van der Waals surface area contributed by atoms with Gasteiger partial charge in [-0.15, -0.1) is 0 Å². The summed E-state index contributed by atoms with van der Waals surface area (Å²) in [6.07, 6.45) is 5.47. The Morgan fingerprint density at radius 3 is 3.05 bits per heavy atom. The number of carbonyl (C=O) groups is 1. The summed E-state index contributed by atoms with van der Waals surface area (Å²) in [6.45, 7) is 2.32. The number of aryl methyl sites for hydroxylation is 1. The lowest BCUT2D eigenvalue weighted by Gasteiger charge is -2.00. The number of H-pyrrole nitrogens is 1. The van der Waals surface area contributed by atoms with E-state index in [1.54, 1.807) is 6.20 Å². The number of nitrogens with zero attached hydrogens (tertiary/aromatic N) is 2. The summed E-state index contributed by atoms with van der Waals surface area (Å²) in [6, 6.07) is 5.76. The van der Waals surface area contributed by atoms with E-state index in [-0.39, 0.29) is 5.91 Å². The first-order chi connectivity index (χ1) is 9.61. The van der Waals surface area contributed by atoms with E-state index in [1.165, 1.54) is 0 Å². The molecule has 3 heterocycles. The Labute approximate surface area is 124 Å². The van der Waals surface area contributed by atoms with E-state index in [9.17, 15) is 4.79 Å². The molecule has 6 heteroatoms. The van der Waals surface area contributed by atoms with Gasteiger partial charge in [-0.2, -0.15) is 0 Å². The lowest BCUT2D eigenvalue weighted by atomic mass is 10.3. The van der Waals surface area contributed by atoms with Crippen molar-refractivity contribution in [1.82, 2.24) is 19.7 Å². The quantitative estimate of drug-likeness (QED) is 0.774. The Balaban J connectivity index is 1.75. The van der Waals surface area contributed by atoms with Crippen LogP contribution < -0.4 is 5.32 Å². The molecule has 3 rings (SSSR count). The van der Waals surface area contributed by atoms with Gasteiger partial charge in [0.15, 0.2) is 0 Å². The molecule has 1 amide bonds. The molecule has 0 saturated carbocycles. The Morgan fingerprint density at radius 1 is 1.45 bits per heavy atom. The molecule has 2 N–H and O–H groups in total. The van der Waals surface area contributed by atoms with Gasteiger partial charge in [-0.3, -0.25) is 4.79 Å². The van der Waals surface area contributed by atoms with Crippen LogP contribution in [0.1, 0.15) is 21.9 Å². The van der Waals surface area contributed by atoms with Crippen LogP contribution in [0.2, 0.25) is 0 Å². The van der Waals surface area contributed by atoms with Crippen LogP contribution in [0.25, 0.3) is 5.52 Å². The second-order valence-electron chi connectivity index (χ2n) is 4.60. The van der Waals surface area contributed by atoms with Crippen molar-refractivity contribution in [3.05, 3.63) is 58.3 Å². The number of aromatic amines is 1. The molecule has 0 aliphatic rings. The van der Waals surface area contributed by atoms with E-state index in [2.05, 4.69) is 31.2 Å². The predicted molar refractivity (Wildman–Crippen MR) is 79.6 cm³/mol. The van der Waals surface area contributed by atoms with E-state index >= 15 is 0 Å². The fraction of sp³-hybridized carbons (Fsp3) is 0.143. The molecule has 0 atom stereocenters. The third kappa shape index (κ3) is 2.60. The lowest BCUT2D eigenvalue weighted by Crippen LogP contribution is -2.22. The molecule has 3 aromatic rings. The van der Waals surface area contributed by atoms with Gasteiger partial charge in [-0.1, -0.05) is 0 Å². The van der Waals surface area contributed by atoms with E-state index in [4.69, 9.17) is 0 Å². The summed E-state index contributed by atoms with van der Waals surface area (Å²) >= 11 is 3.41. The van der Waals surface area contributed by atoms with Crippen molar-refractivity contribution in [3.8, 4) is 0 Å². The zero-order chi connectivity index (χ0) is 14.1. The van der Waals surface area contributed by atoms with E-state index in [1.807, 2.05) is 41.9 Å². The third-order valence-corrected chi connectivity index (χ3v) is 3.46. The van der Waals surface area contributed by atoms with Crippen LogP contribution in [0.5, 0.6) is 0 Å². The van der Waals surface area contributed by atoms with Crippen LogP contribution in [0.4, 0.5) is 0 Å². The summed E-state index contributed by atoms with van der Waals surface area (Å²) in [5.41, 5.74) is 2.59. The number of hydrogen-bond donors (Lipinski definition) is 2. The zero-order valence-electron chi connectivity index (χ0n) is 10.9. The van der Waals surface area contributed by atoms with Gasteiger partial charge in [-0.25, -0.2) is 4.98 Å². The standard InChI is InChI=1S/C14H13BrN4O/c1-9-5-16-13(18-9)6-17-14(20)10-4-12-3-2-11(15)8-19(12)7-10/h2-5,7-8H,6H2,1H3,(H,16,18)(H,17,20).